The van der Waals surface area contributed by atoms with Crippen LogP contribution in [0.2, 0.25) is 0 Å². The predicted molar refractivity (Wildman–Crippen MR) is 48.2 cm³/mol. The SMILES string of the molecule is O=C(OS(=O)(=O)[O-])c1ccccc1[N+](=O)[O-].[Cu+]. The molecule has 0 radical (unpaired) electrons. The molecule has 0 fully saturated rings. The number of nitro benzene ring substituents is 1. The number of carbonyl (C=O) groups is 1. The van der Waals surface area contributed by atoms with Gasteiger partial charge in [-0.15, -0.1) is 0 Å². The van der Waals surface area contributed by atoms with E-state index in [1.54, 1.807) is 0 Å². The third-order valence-electron chi connectivity index (χ3n) is 1.50. The molecule has 0 aliphatic carbocycles. The number of para-hydroxylation sites is 1. The van der Waals surface area contributed by atoms with Crippen molar-refractivity contribution >= 4 is 22.1 Å². The van der Waals surface area contributed by atoms with Crippen molar-refractivity contribution in [2.75, 3.05) is 0 Å². The summed E-state index contributed by atoms with van der Waals surface area (Å²) in [7, 11) is -5.24. The quantitative estimate of drug-likeness (QED) is 0.257. The van der Waals surface area contributed by atoms with Gasteiger partial charge in [0.05, 0.1) is 4.92 Å². The van der Waals surface area contributed by atoms with E-state index < -0.39 is 32.5 Å². The Balaban J connectivity index is 0.00000256. The van der Waals surface area contributed by atoms with E-state index >= 15 is 0 Å². The molecule has 0 bridgehead atoms. The topological polar surface area (TPSA) is 127 Å². The minimum absolute atomic E-state index is 0. The van der Waals surface area contributed by atoms with Gasteiger partial charge in [-0.2, -0.15) is 0 Å². The second-order valence-electron chi connectivity index (χ2n) is 2.55. The van der Waals surface area contributed by atoms with Crippen molar-refractivity contribution in [2.24, 2.45) is 0 Å². The molecule has 0 saturated carbocycles. The number of hydrogen-bond acceptors (Lipinski definition) is 7. The van der Waals surface area contributed by atoms with E-state index in [4.69, 9.17) is 0 Å². The van der Waals surface area contributed by atoms with Crippen LogP contribution < -0.4 is 0 Å². The zero-order chi connectivity index (χ0) is 12.3. The van der Waals surface area contributed by atoms with Gasteiger partial charge in [-0.05, 0) is 6.07 Å². The molecular weight excluding hydrogens is 306 g/mol. The van der Waals surface area contributed by atoms with E-state index in [1.165, 1.54) is 12.1 Å². The van der Waals surface area contributed by atoms with Crippen LogP contribution in [0.15, 0.2) is 24.3 Å². The van der Waals surface area contributed by atoms with E-state index in [-0.39, 0.29) is 17.1 Å². The maximum Gasteiger partial charge on any atom is 1.00 e. The number of hydrogen-bond donors (Lipinski definition) is 0. The first-order valence-electron chi connectivity index (χ1n) is 3.74. The maximum absolute atomic E-state index is 11.1. The summed E-state index contributed by atoms with van der Waals surface area (Å²) in [5.41, 5.74) is -1.25. The van der Waals surface area contributed by atoms with Crippen molar-refractivity contribution in [1.82, 2.24) is 0 Å². The number of rotatable bonds is 3. The van der Waals surface area contributed by atoms with E-state index in [0.717, 1.165) is 12.1 Å². The largest absolute Gasteiger partial charge is 1.00 e. The number of benzene rings is 1. The molecule has 1 rings (SSSR count). The van der Waals surface area contributed by atoms with Crippen LogP contribution in [0.5, 0.6) is 0 Å². The smallest absolute Gasteiger partial charge is 0.716 e. The van der Waals surface area contributed by atoms with Crippen molar-refractivity contribution in [3.8, 4) is 0 Å². The third kappa shape index (κ3) is 4.49. The average Bonchev–Trinajstić information content (AvgIpc) is 2.15. The molecule has 0 heterocycles. The number of nitrogens with zero attached hydrogens (tertiary/aromatic N) is 1. The summed E-state index contributed by atoms with van der Waals surface area (Å²) in [6, 6.07) is 4.50. The molecule has 96 valence electrons. The molecule has 0 aliphatic heterocycles. The van der Waals surface area contributed by atoms with Crippen LogP contribution in [-0.2, 0) is 31.7 Å². The fraction of sp³-hybridized carbons (Fsp3) is 0. The Labute approximate surface area is 106 Å². The summed E-state index contributed by atoms with van der Waals surface area (Å²) in [6.45, 7) is 0. The van der Waals surface area contributed by atoms with Gasteiger partial charge in [-0.3, -0.25) is 10.1 Å². The molecule has 0 aliphatic rings. The molecule has 1 aromatic carbocycles. The molecule has 8 nitrogen and oxygen atoms in total. The summed E-state index contributed by atoms with van der Waals surface area (Å²) in [4.78, 5) is 20.6. The van der Waals surface area contributed by atoms with Crippen molar-refractivity contribution in [2.45, 2.75) is 0 Å². The molecule has 0 amide bonds. The predicted octanol–water partition coefficient (Wildman–Crippen LogP) is 0.209. The van der Waals surface area contributed by atoms with Gasteiger partial charge in [0.1, 0.15) is 5.56 Å². The van der Waals surface area contributed by atoms with Gasteiger partial charge < -0.3 is 8.74 Å². The van der Waals surface area contributed by atoms with E-state index in [1.807, 2.05) is 0 Å². The second-order valence-corrected chi connectivity index (χ2v) is 3.54. The van der Waals surface area contributed by atoms with E-state index in [9.17, 15) is 27.9 Å². The summed E-state index contributed by atoms with van der Waals surface area (Å²) < 4.78 is 33.9. The van der Waals surface area contributed by atoms with Crippen molar-refractivity contribution in [1.29, 1.82) is 0 Å². The zero-order valence-corrected chi connectivity index (χ0v) is 9.58. The number of nitro groups is 1. The fourth-order valence-electron chi connectivity index (χ4n) is 0.943. The van der Waals surface area contributed by atoms with Crippen molar-refractivity contribution < 1.29 is 43.9 Å². The fourth-order valence-corrected chi connectivity index (χ4v) is 1.22. The Bertz CT molecular complexity index is 541. The first-order valence-corrected chi connectivity index (χ1v) is 5.07. The molecule has 10 heteroatoms. The normalized spacial score (nSPS) is 10.2. The zero-order valence-electron chi connectivity index (χ0n) is 7.82. The molecular formula is C7H4CuNO7S. The van der Waals surface area contributed by atoms with Crippen molar-refractivity contribution in [3.05, 3.63) is 39.9 Å². The first-order chi connectivity index (χ1) is 7.31. The van der Waals surface area contributed by atoms with Gasteiger partial charge in [-0.25, -0.2) is 13.2 Å². The van der Waals surface area contributed by atoms with Gasteiger partial charge in [0.2, 0.25) is 0 Å². The van der Waals surface area contributed by atoms with Crippen LogP contribution in [-0.4, -0.2) is 23.9 Å². The molecule has 0 N–H and O–H groups in total. The molecule has 1 aromatic rings. The van der Waals surface area contributed by atoms with Crippen LogP contribution in [0.4, 0.5) is 5.69 Å². The Morgan fingerprint density at radius 3 is 2.29 bits per heavy atom. The minimum atomic E-state index is -5.24. The Morgan fingerprint density at radius 1 is 1.29 bits per heavy atom. The third-order valence-corrected chi connectivity index (χ3v) is 1.85. The molecule has 17 heavy (non-hydrogen) atoms. The summed E-state index contributed by atoms with van der Waals surface area (Å²) >= 11 is 0. The summed E-state index contributed by atoms with van der Waals surface area (Å²) in [6.07, 6.45) is 0. The second kappa shape index (κ2) is 5.73. The van der Waals surface area contributed by atoms with Crippen LogP contribution in [0.25, 0.3) is 0 Å². The van der Waals surface area contributed by atoms with Gasteiger partial charge in [0, 0.05) is 6.07 Å². The standard InChI is InChI=1S/C7H5NO7S.Cu/c9-7(15-16(12,13)14)5-3-1-2-4-6(5)8(10)11;/h1-4H,(H,12,13,14);/q;+1/p-1. The Kier molecular flexibility index (Phi) is 5.23. The average molecular weight is 310 g/mol. The van der Waals surface area contributed by atoms with Gasteiger partial charge in [0.15, 0.2) is 0 Å². The van der Waals surface area contributed by atoms with Crippen molar-refractivity contribution in [3.63, 3.8) is 0 Å². The van der Waals surface area contributed by atoms with Crippen LogP contribution in [0.3, 0.4) is 0 Å². The Morgan fingerprint density at radius 2 is 1.82 bits per heavy atom. The van der Waals surface area contributed by atoms with Crippen LogP contribution in [0, 0.1) is 10.1 Å². The van der Waals surface area contributed by atoms with E-state index in [2.05, 4.69) is 4.18 Å². The van der Waals surface area contributed by atoms with Gasteiger partial charge in [0.25, 0.3) is 16.1 Å². The minimum Gasteiger partial charge on any atom is -0.716 e. The maximum atomic E-state index is 11.1. The molecule has 0 spiro atoms. The molecule has 0 unspecified atom stereocenters. The Hall–Kier alpha value is -1.48. The van der Waals surface area contributed by atoms with Gasteiger partial charge >= 0.3 is 23.0 Å². The molecule has 0 aromatic heterocycles. The molecule has 0 saturated heterocycles. The van der Waals surface area contributed by atoms with Crippen LogP contribution in [0.1, 0.15) is 10.4 Å². The molecule has 0 atom stereocenters. The summed E-state index contributed by atoms with van der Waals surface area (Å²) in [5.74, 6) is -1.58. The monoisotopic (exact) mass is 309 g/mol. The first kappa shape index (κ1) is 15.5. The van der Waals surface area contributed by atoms with Crippen LogP contribution >= 0.6 is 0 Å². The van der Waals surface area contributed by atoms with E-state index in [0.29, 0.717) is 0 Å². The van der Waals surface area contributed by atoms with Gasteiger partial charge in [-0.1, -0.05) is 12.1 Å². The summed E-state index contributed by atoms with van der Waals surface area (Å²) in [5, 5.41) is 10.5. The number of carbonyl (C=O) groups excluding carboxylic acids is 1.